The van der Waals surface area contributed by atoms with Gasteiger partial charge in [0.15, 0.2) is 0 Å². The summed E-state index contributed by atoms with van der Waals surface area (Å²) in [5.74, 6) is 6.61. The number of ether oxygens (including phenoxy) is 1. The lowest BCUT2D eigenvalue weighted by atomic mass is 9.99. The standard InChI is InChI=1S/C18H24N2O/c1-3-21-17-11-9-16(10-12-17)18(20-19)13-8-15-6-4-14(2)5-7-15/h4-7,9-12,18,20H,3,8,13,19H2,1-2H3. The summed E-state index contributed by atoms with van der Waals surface area (Å²) in [6.45, 7) is 4.78. The van der Waals surface area contributed by atoms with Gasteiger partial charge in [0.2, 0.25) is 0 Å². The zero-order chi connectivity index (χ0) is 15.1. The summed E-state index contributed by atoms with van der Waals surface area (Å²) in [4.78, 5) is 0. The smallest absolute Gasteiger partial charge is 0.119 e. The highest BCUT2D eigenvalue weighted by Gasteiger charge is 2.10. The highest BCUT2D eigenvalue weighted by atomic mass is 16.5. The minimum Gasteiger partial charge on any atom is -0.494 e. The lowest BCUT2D eigenvalue weighted by molar-refractivity contribution is 0.340. The Kier molecular flexibility index (Phi) is 5.78. The van der Waals surface area contributed by atoms with Crippen molar-refractivity contribution in [2.45, 2.75) is 32.7 Å². The van der Waals surface area contributed by atoms with Crippen LogP contribution in [-0.4, -0.2) is 6.61 Å². The summed E-state index contributed by atoms with van der Waals surface area (Å²) in [6, 6.07) is 17.0. The van der Waals surface area contributed by atoms with Crippen molar-refractivity contribution in [1.29, 1.82) is 0 Å². The maximum absolute atomic E-state index is 5.71. The molecule has 2 aromatic carbocycles. The van der Waals surface area contributed by atoms with Gasteiger partial charge in [0.25, 0.3) is 0 Å². The predicted octanol–water partition coefficient (Wildman–Crippen LogP) is 3.53. The summed E-state index contributed by atoms with van der Waals surface area (Å²) in [5, 5.41) is 0. The first kappa shape index (κ1) is 15.5. The normalized spacial score (nSPS) is 12.1. The molecule has 1 unspecified atom stereocenters. The van der Waals surface area contributed by atoms with Crippen molar-refractivity contribution in [1.82, 2.24) is 5.43 Å². The minimum atomic E-state index is 0.155. The fourth-order valence-electron chi connectivity index (χ4n) is 2.38. The van der Waals surface area contributed by atoms with E-state index in [0.29, 0.717) is 6.61 Å². The number of benzene rings is 2. The van der Waals surface area contributed by atoms with Gasteiger partial charge in [-0.15, -0.1) is 0 Å². The lowest BCUT2D eigenvalue weighted by Gasteiger charge is -2.17. The molecule has 3 heteroatoms. The van der Waals surface area contributed by atoms with Crippen LogP contribution < -0.4 is 16.0 Å². The molecule has 0 aliphatic heterocycles. The summed E-state index contributed by atoms with van der Waals surface area (Å²) in [7, 11) is 0. The number of rotatable bonds is 7. The first-order valence-electron chi connectivity index (χ1n) is 7.47. The highest BCUT2D eigenvalue weighted by molar-refractivity contribution is 5.29. The van der Waals surface area contributed by atoms with Gasteiger partial charge in [-0.05, 0) is 49.9 Å². The molecule has 0 aliphatic carbocycles. The fraction of sp³-hybridized carbons (Fsp3) is 0.333. The maximum atomic E-state index is 5.71. The van der Waals surface area contributed by atoms with Crippen molar-refractivity contribution in [3.63, 3.8) is 0 Å². The largest absolute Gasteiger partial charge is 0.494 e. The number of hydrogen-bond acceptors (Lipinski definition) is 3. The van der Waals surface area contributed by atoms with Gasteiger partial charge in [-0.1, -0.05) is 42.0 Å². The van der Waals surface area contributed by atoms with Gasteiger partial charge in [0.1, 0.15) is 5.75 Å². The Labute approximate surface area is 127 Å². The molecule has 0 aliphatic rings. The minimum absolute atomic E-state index is 0.155. The van der Waals surface area contributed by atoms with E-state index < -0.39 is 0 Å². The third-order valence-corrected chi connectivity index (χ3v) is 3.64. The van der Waals surface area contributed by atoms with Crippen molar-refractivity contribution in [3.8, 4) is 5.75 Å². The number of aryl methyl sites for hydroxylation is 2. The first-order chi connectivity index (χ1) is 10.2. The van der Waals surface area contributed by atoms with Gasteiger partial charge < -0.3 is 4.74 Å². The molecule has 2 rings (SSSR count). The van der Waals surface area contributed by atoms with Crippen LogP contribution in [0, 0.1) is 6.92 Å². The molecule has 0 amide bonds. The Hall–Kier alpha value is -1.84. The Morgan fingerprint density at radius 1 is 1.05 bits per heavy atom. The third-order valence-electron chi connectivity index (χ3n) is 3.64. The molecule has 3 N–H and O–H groups in total. The van der Waals surface area contributed by atoms with Crippen LogP contribution in [0.15, 0.2) is 48.5 Å². The Morgan fingerprint density at radius 2 is 1.71 bits per heavy atom. The van der Waals surface area contributed by atoms with Crippen molar-refractivity contribution >= 4 is 0 Å². The van der Waals surface area contributed by atoms with E-state index in [1.54, 1.807) is 0 Å². The number of hydrogen-bond donors (Lipinski definition) is 2. The van der Waals surface area contributed by atoms with Crippen LogP contribution in [0.4, 0.5) is 0 Å². The summed E-state index contributed by atoms with van der Waals surface area (Å²) >= 11 is 0. The van der Waals surface area contributed by atoms with Crippen LogP contribution in [0.1, 0.15) is 36.1 Å². The van der Waals surface area contributed by atoms with Crippen molar-refractivity contribution in [2.75, 3.05) is 6.61 Å². The van der Waals surface area contributed by atoms with Gasteiger partial charge >= 0.3 is 0 Å². The van der Waals surface area contributed by atoms with E-state index in [0.717, 1.165) is 18.6 Å². The lowest BCUT2D eigenvalue weighted by Crippen LogP contribution is -2.28. The molecule has 0 saturated heterocycles. The van der Waals surface area contributed by atoms with Crippen molar-refractivity contribution in [3.05, 3.63) is 65.2 Å². The second kappa shape index (κ2) is 7.81. The van der Waals surface area contributed by atoms with E-state index in [4.69, 9.17) is 10.6 Å². The molecule has 112 valence electrons. The molecule has 0 spiro atoms. The third kappa shape index (κ3) is 4.59. The zero-order valence-electron chi connectivity index (χ0n) is 12.8. The Bertz CT molecular complexity index is 534. The van der Waals surface area contributed by atoms with Crippen LogP contribution in [0.5, 0.6) is 5.75 Å². The average Bonchev–Trinajstić information content (AvgIpc) is 2.51. The summed E-state index contributed by atoms with van der Waals surface area (Å²) in [5.41, 5.74) is 6.73. The molecule has 0 fully saturated rings. The van der Waals surface area contributed by atoms with E-state index in [1.807, 2.05) is 19.1 Å². The first-order valence-corrected chi connectivity index (χ1v) is 7.47. The molecule has 0 saturated carbocycles. The molecule has 2 aromatic rings. The molecule has 1 atom stereocenters. The predicted molar refractivity (Wildman–Crippen MR) is 87.2 cm³/mol. The molecule has 0 radical (unpaired) electrons. The van der Waals surface area contributed by atoms with E-state index >= 15 is 0 Å². The topological polar surface area (TPSA) is 47.3 Å². The summed E-state index contributed by atoms with van der Waals surface area (Å²) < 4.78 is 5.46. The van der Waals surface area contributed by atoms with E-state index in [9.17, 15) is 0 Å². The van der Waals surface area contributed by atoms with Gasteiger partial charge in [0, 0.05) is 6.04 Å². The number of hydrazine groups is 1. The molecule has 3 nitrogen and oxygen atoms in total. The van der Waals surface area contributed by atoms with Crippen LogP contribution in [0.3, 0.4) is 0 Å². The summed E-state index contributed by atoms with van der Waals surface area (Å²) in [6.07, 6.45) is 1.97. The van der Waals surface area contributed by atoms with E-state index in [-0.39, 0.29) is 6.04 Å². The van der Waals surface area contributed by atoms with Crippen LogP contribution >= 0.6 is 0 Å². The molecule has 0 bridgehead atoms. The van der Waals surface area contributed by atoms with Crippen molar-refractivity contribution in [2.24, 2.45) is 5.84 Å². The van der Waals surface area contributed by atoms with Crippen molar-refractivity contribution < 1.29 is 4.74 Å². The number of nitrogens with one attached hydrogen (secondary N) is 1. The van der Waals surface area contributed by atoms with E-state index in [2.05, 4.69) is 48.7 Å². The molecule has 0 heterocycles. The van der Waals surface area contributed by atoms with Gasteiger partial charge in [-0.25, -0.2) is 0 Å². The second-order valence-electron chi connectivity index (χ2n) is 5.25. The van der Waals surface area contributed by atoms with Crippen LogP contribution in [0.25, 0.3) is 0 Å². The Balaban J connectivity index is 1.97. The molecule has 21 heavy (non-hydrogen) atoms. The monoisotopic (exact) mass is 284 g/mol. The number of nitrogens with two attached hydrogens (primary N) is 1. The van der Waals surface area contributed by atoms with Gasteiger partial charge in [-0.2, -0.15) is 0 Å². The quantitative estimate of drug-likeness (QED) is 0.604. The molecular formula is C18H24N2O. The second-order valence-corrected chi connectivity index (χ2v) is 5.25. The zero-order valence-corrected chi connectivity index (χ0v) is 12.8. The Morgan fingerprint density at radius 3 is 2.29 bits per heavy atom. The molecular weight excluding hydrogens is 260 g/mol. The van der Waals surface area contributed by atoms with Gasteiger partial charge in [0.05, 0.1) is 6.61 Å². The highest BCUT2D eigenvalue weighted by Crippen LogP contribution is 2.21. The average molecular weight is 284 g/mol. The van der Waals surface area contributed by atoms with Gasteiger partial charge in [-0.3, -0.25) is 11.3 Å². The van der Waals surface area contributed by atoms with Crippen LogP contribution in [-0.2, 0) is 6.42 Å². The van der Waals surface area contributed by atoms with Crippen LogP contribution in [0.2, 0.25) is 0 Å². The SMILES string of the molecule is CCOc1ccc(C(CCc2ccc(C)cc2)NN)cc1. The maximum Gasteiger partial charge on any atom is 0.119 e. The molecule has 0 aromatic heterocycles. The fourth-order valence-corrected chi connectivity index (χ4v) is 2.38. The van der Waals surface area contributed by atoms with E-state index in [1.165, 1.54) is 16.7 Å².